The van der Waals surface area contributed by atoms with E-state index in [1.54, 1.807) is 25.7 Å². The average Bonchev–Trinajstić information content (AvgIpc) is 2.90. The quantitative estimate of drug-likeness (QED) is 0.665. The van der Waals surface area contributed by atoms with Gasteiger partial charge in [0.05, 0.1) is 0 Å². The van der Waals surface area contributed by atoms with Crippen molar-refractivity contribution >= 4 is 0 Å². The number of hydrogen-bond acceptors (Lipinski definition) is 1. The monoisotopic (exact) mass is 331 g/mol. The molecule has 0 amide bonds. The maximum Gasteiger partial charge on any atom is 0.00693 e. The van der Waals surface area contributed by atoms with Crippen molar-refractivity contribution in [3.8, 4) is 0 Å². The topological polar surface area (TPSA) is 12.0 Å². The van der Waals surface area contributed by atoms with Crippen molar-refractivity contribution in [1.29, 1.82) is 0 Å². The molecule has 0 spiro atoms. The molecule has 8 unspecified atom stereocenters. The summed E-state index contributed by atoms with van der Waals surface area (Å²) in [6.07, 6.45) is 13.7. The summed E-state index contributed by atoms with van der Waals surface area (Å²) in [7, 11) is 2.17. The van der Waals surface area contributed by atoms with Crippen LogP contribution in [0, 0.1) is 46.3 Å². The Labute approximate surface area is 150 Å². The molecule has 8 atom stereocenters. The summed E-state index contributed by atoms with van der Waals surface area (Å²) in [4.78, 5) is 0. The Bertz CT molecular complexity index is 469. The van der Waals surface area contributed by atoms with Crippen molar-refractivity contribution in [2.45, 2.75) is 91.5 Å². The summed E-state index contributed by atoms with van der Waals surface area (Å²) in [5.41, 5.74) is 1.25. The average molecular weight is 332 g/mol. The van der Waals surface area contributed by atoms with Gasteiger partial charge < -0.3 is 5.32 Å². The third kappa shape index (κ3) is 2.60. The molecule has 0 radical (unpaired) electrons. The van der Waals surface area contributed by atoms with Gasteiger partial charge in [-0.15, -0.1) is 0 Å². The smallest absolute Gasteiger partial charge is 0.00693 e. The minimum atomic E-state index is 0.623. The first kappa shape index (κ1) is 17.4. The SMILES string of the molecule is CNC(C)C1CCC2C3CCC4CC(C)(C)CCC4C3CCC12C. The van der Waals surface area contributed by atoms with Crippen LogP contribution in [-0.2, 0) is 0 Å². The lowest BCUT2D eigenvalue weighted by Gasteiger charge is -2.57. The molecule has 4 rings (SSSR count). The van der Waals surface area contributed by atoms with E-state index in [1.165, 1.54) is 32.1 Å². The summed E-state index contributed by atoms with van der Waals surface area (Å²) in [5.74, 6) is 6.25. The van der Waals surface area contributed by atoms with Crippen LogP contribution in [0.25, 0.3) is 0 Å². The molecule has 24 heavy (non-hydrogen) atoms. The Morgan fingerprint density at radius 2 is 1.58 bits per heavy atom. The van der Waals surface area contributed by atoms with E-state index in [-0.39, 0.29) is 0 Å². The predicted molar refractivity (Wildman–Crippen MR) is 103 cm³/mol. The lowest BCUT2D eigenvalue weighted by molar-refractivity contribution is -0.0783. The molecule has 1 N–H and O–H groups in total. The molecule has 4 aliphatic rings. The van der Waals surface area contributed by atoms with E-state index in [9.17, 15) is 0 Å². The Hall–Kier alpha value is -0.0400. The first-order valence-corrected chi connectivity index (χ1v) is 11.0. The lowest BCUT2D eigenvalue weighted by Crippen LogP contribution is -2.51. The van der Waals surface area contributed by atoms with Crippen molar-refractivity contribution in [2.75, 3.05) is 7.05 Å². The van der Waals surface area contributed by atoms with Crippen LogP contribution in [0.3, 0.4) is 0 Å². The largest absolute Gasteiger partial charge is 0.317 e. The number of nitrogens with one attached hydrogen (secondary N) is 1. The van der Waals surface area contributed by atoms with E-state index in [0.29, 0.717) is 16.9 Å². The molecule has 4 saturated carbocycles. The van der Waals surface area contributed by atoms with Gasteiger partial charge in [0.25, 0.3) is 0 Å². The molecule has 4 aliphatic carbocycles. The highest BCUT2D eigenvalue weighted by atomic mass is 14.9. The maximum absolute atomic E-state index is 3.59. The number of fused-ring (bicyclic) bond motifs is 5. The predicted octanol–water partition coefficient (Wildman–Crippen LogP) is 5.89. The van der Waals surface area contributed by atoms with Crippen LogP contribution in [0.2, 0.25) is 0 Å². The minimum absolute atomic E-state index is 0.623. The summed E-state index contributed by atoms with van der Waals surface area (Å²) < 4.78 is 0. The fourth-order valence-electron chi connectivity index (χ4n) is 8.37. The van der Waals surface area contributed by atoms with Crippen molar-refractivity contribution in [1.82, 2.24) is 5.32 Å². The first-order valence-electron chi connectivity index (χ1n) is 11.0. The van der Waals surface area contributed by atoms with Crippen LogP contribution in [0.4, 0.5) is 0 Å². The highest BCUT2D eigenvalue weighted by Gasteiger charge is 2.57. The van der Waals surface area contributed by atoms with Gasteiger partial charge in [0.2, 0.25) is 0 Å². The third-order valence-corrected chi connectivity index (χ3v) is 9.62. The molecule has 0 saturated heterocycles. The van der Waals surface area contributed by atoms with Crippen LogP contribution in [0.15, 0.2) is 0 Å². The van der Waals surface area contributed by atoms with Crippen molar-refractivity contribution < 1.29 is 0 Å². The zero-order chi connectivity index (χ0) is 17.1. The zero-order valence-electron chi connectivity index (χ0n) is 16.9. The summed E-state index contributed by atoms with van der Waals surface area (Å²) in [6, 6.07) is 0.698. The van der Waals surface area contributed by atoms with Gasteiger partial charge in [0, 0.05) is 6.04 Å². The van der Waals surface area contributed by atoms with Crippen LogP contribution in [0.1, 0.15) is 85.5 Å². The third-order valence-electron chi connectivity index (χ3n) is 9.62. The molecule has 0 heterocycles. The van der Waals surface area contributed by atoms with Gasteiger partial charge in [-0.2, -0.15) is 0 Å². The normalized spacial score (nSPS) is 51.4. The Morgan fingerprint density at radius 1 is 0.833 bits per heavy atom. The fraction of sp³-hybridized carbons (Fsp3) is 1.00. The molecular weight excluding hydrogens is 290 g/mol. The minimum Gasteiger partial charge on any atom is -0.317 e. The van der Waals surface area contributed by atoms with Crippen LogP contribution >= 0.6 is 0 Å². The molecule has 0 aromatic carbocycles. The van der Waals surface area contributed by atoms with Crippen molar-refractivity contribution in [2.24, 2.45) is 46.3 Å². The van der Waals surface area contributed by atoms with E-state index in [1.807, 2.05) is 0 Å². The van der Waals surface area contributed by atoms with E-state index in [0.717, 1.165) is 35.5 Å². The summed E-state index contributed by atoms with van der Waals surface area (Å²) in [5, 5.41) is 3.59. The second-order valence-electron chi connectivity index (χ2n) is 11.1. The molecule has 0 aromatic rings. The summed E-state index contributed by atoms with van der Waals surface area (Å²) in [6.45, 7) is 10.2. The van der Waals surface area contributed by atoms with Crippen LogP contribution < -0.4 is 5.32 Å². The van der Waals surface area contributed by atoms with Gasteiger partial charge in [-0.3, -0.25) is 0 Å². The molecule has 138 valence electrons. The van der Waals surface area contributed by atoms with E-state index in [4.69, 9.17) is 0 Å². The molecule has 0 aliphatic heterocycles. The van der Waals surface area contributed by atoms with E-state index in [2.05, 4.69) is 40.1 Å². The molecule has 0 bridgehead atoms. The number of rotatable bonds is 2. The Balaban J connectivity index is 1.53. The molecule has 0 aromatic heterocycles. The van der Waals surface area contributed by atoms with Crippen LogP contribution in [-0.4, -0.2) is 13.1 Å². The van der Waals surface area contributed by atoms with Gasteiger partial charge >= 0.3 is 0 Å². The fourth-order valence-corrected chi connectivity index (χ4v) is 8.37. The maximum atomic E-state index is 3.59. The standard InChI is InChI=1S/C23H41N/c1-15(24-5)20-8-9-21-19-7-6-16-14-22(2,3)12-10-17(16)18(19)11-13-23(20,21)4/h15-21,24H,6-14H2,1-5H3. The first-order chi connectivity index (χ1) is 11.4. The van der Waals surface area contributed by atoms with Gasteiger partial charge in [-0.25, -0.2) is 0 Å². The molecule has 1 heteroatoms. The highest BCUT2D eigenvalue weighted by Crippen LogP contribution is 2.65. The molecular formula is C23H41N. The summed E-state index contributed by atoms with van der Waals surface area (Å²) >= 11 is 0. The second kappa shape index (κ2) is 6.00. The lowest BCUT2D eigenvalue weighted by atomic mass is 9.48. The second-order valence-corrected chi connectivity index (χ2v) is 11.1. The van der Waals surface area contributed by atoms with Gasteiger partial charge in [0.15, 0.2) is 0 Å². The Kier molecular flexibility index (Phi) is 4.34. The van der Waals surface area contributed by atoms with Gasteiger partial charge in [-0.1, -0.05) is 20.8 Å². The molecule has 4 fully saturated rings. The molecule has 1 nitrogen and oxygen atoms in total. The van der Waals surface area contributed by atoms with E-state index < -0.39 is 0 Å². The number of hydrogen-bond donors (Lipinski definition) is 1. The van der Waals surface area contributed by atoms with Crippen molar-refractivity contribution in [3.05, 3.63) is 0 Å². The van der Waals surface area contributed by atoms with Crippen molar-refractivity contribution in [3.63, 3.8) is 0 Å². The highest BCUT2D eigenvalue weighted by molar-refractivity contribution is 5.07. The van der Waals surface area contributed by atoms with Crippen LogP contribution in [0.5, 0.6) is 0 Å². The zero-order valence-corrected chi connectivity index (χ0v) is 16.9. The van der Waals surface area contributed by atoms with Gasteiger partial charge in [0.1, 0.15) is 0 Å². The van der Waals surface area contributed by atoms with Gasteiger partial charge in [-0.05, 0) is 118 Å². The van der Waals surface area contributed by atoms with E-state index >= 15 is 0 Å². The Morgan fingerprint density at radius 3 is 2.33 bits per heavy atom.